The number of nitrogens with two attached hydrogens (primary N) is 1. The van der Waals surface area contributed by atoms with Gasteiger partial charge in [0, 0.05) is 24.7 Å². The number of hydrogen-bond acceptors (Lipinski definition) is 3. The van der Waals surface area contributed by atoms with Crippen molar-refractivity contribution in [1.29, 1.82) is 0 Å². The molecule has 114 valence electrons. The van der Waals surface area contributed by atoms with Gasteiger partial charge in [0.15, 0.2) is 0 Å². The molecular formula is C16H22ClN3O. The monoisotopic (exact) mass is 307 g/mol. The Balaban J connectivity index is 2.02. The van der Waals surface area contributed by atoms with Crippen LogP contribution in [-0.4, -0.2) is 31.1 Å². The maximum absolute atomic E-state index is 11.8. The van der Waals surface area contributed by atoms with Crippen LogP contribution in [0.15, 0.2) is 18.2 Å². The summed E-state index contributed by atoms with van der Waals surface area (Å²) in [5, 5.41) is 4.08. The number of piperazine rings is 1. The number of primary amides is 1. The highest BCUT2D eigenvalue weighted by atomic mass is 35.5. The van der Waals surface area contributed by atoms with Gasteiger partial charge in [-0.3, -0.25) is 4.79 Å². The van der Waals surface area contributed by atoms with Crippen LogP contribution in [0.4, 0.5) is 5.69 Å². The van der Waals surface area contributed by atoms with Crippen molar-refractivity contribution in [2.45, 2.75) is 37.6 Å². The van der Waals surface area contributed by atoms with Gasteiger partial charge in [-0.25, -0.2) is 0 Å². The second kappa shape index (κ2) is 5.85. The second-order valence-electron chi connectivity index (χ2n) is 6.14. The Hall–Kier alpha value is -1.26. The lowest BCUT2D eigenvalue weighted by molar-refractivity contribution is 0.1000. The largest absolute Gasteiger partial charge is 0.366 e. The first-order valence-corrected chi connectivity index (χ1v) is 8.08. The van der Waals surface area contributed by atoms with Gasteiger partial charge in [0.2, 0.25) is 0 Å². The lowest BCUT2D eigenvalue weighted by atomic mass is 9.78. The van der Waals surface area contributed by atoms with E-state index < -0.39 is 5.91 Å². The van der Waals surface area contributed by atoms with Crippen LogP contribution in [0.25, 0.3) is 0 Å². The fourth-order valence-corrected chi connectivity index (χ4v) is 3.99. The Kier molecular flexibility index (Phi) is 4.09. The average molecular weight is 308 g/mol. The second-order valence-corrected chi connectivity index (χ2v) is 6.58. The molecule has 3 N–H and O–H groups in total. The summed E-state index contributed by atoms with van der Waals surface area (Å²) in [6, 6.07) is 5.49. The molecule has 3 rings (SSSR count). The molecule has 0 bridgehead atoms. The first kappa shape index (κ1) is 14.7. The van der Waals surface area contributed by atoms with E-state index in [0.29, 0.717) is 10.6 Å². The van der Waals surface area contributed by atoms with Crippen molar-refractivity contribution >= 4 is 23.2 Å². The summed E-state index contributed by atoms with van der Waals surface area (Å²) >= 11 is 6.04. The molecule has 1 aliphatic carbocycles. The maximum Gasteiger partial charge on any atom is 0.250 e. The van der Waals surface area contributed by atoms with E-state index in [1.807, 2.05) is 12.1 Å². The molecule has 0 unspecified atom stereocenters. The molecule has 0 radical (unpaired) electrons. The van der Waals surface area contributed by atoms with Crippen LogP contribution < -0.4 is 16.0 Å². The zero-order valence-corrected chi connectivity index (χ0v) is 13.0. The normalized spacial score (nSPS) is 21.5. The number of benzene rings is 1. The number of hydrogen-bond donors (Lipinski definition) is 2. The van der Waals surface area contributed by atoms with Gasteiger partial charge < -0.3 is 16.0 Å². The molecule has 2 fully saturated rings. The summed E-state index contributed by atoms with van der Waals surface area (Å²) in [5.41, 5.74) is 7.16. The lowest BCUT2D eigenvalue weighted by Crippen LogP contribution is -2.62. The average Bonchev–Trinajstić information content (AvgIpc) is 2.49. The summed E-state index contributed by atoms with van der Waals surface area (Å²) in [4.78, 5) is 14.2. The summed E-state index contributed by atoms with van der Waals surface area (Å²) in [6.07, 6.45) is 6.13. The van der Waals surface area contributed by atoms with Crippen LogP contribution in [-0.2, 0) is 0 Å². The van der Waals surface area contributed by atoms with Crippen molar-refractivity contribution in [2.75, 3.05) is 24.5 Å². The highest BCUT2D eigenvalue weighted by Gasteiger charge is 2.40. The molecule has 0 atom stereocenters. The molecule has 1 aliphatic heterocycles. The van der Waals surface area contributed by atoms with Crippen molar-refractivity contribution in [2.24, 2.45) is 5.73 Å². The highest BCUT2D eigenvalue weighted by Crippen LogP contribution is 2.39. The predicted molar refractivity (Wildman–Crippen MR) is 86.0 cm³/mol. The van der Waals surface area contributed by atoms with E-state index in [-0.39, 0.29) is 5.54 Å². The number of halogens is 1. The van der Waals surface area contributed by atoms with Crippen molar-refractivity contribution in [1.82, 2.24) is 5.32 Å². The molecule has 1 aromatic rings. The zero-order valence-electron chi connectivity index (χ0n) is 12.2. The number of carbonyl (C=O) groups is 1. The number of carbonyl (C=O) groups excluding carboxylic acids is 1. The Labute approximate surface area is 130 Å². The van der Waals surface area contributed by atoms with Crippen LogP contribution in [0.3, 0.4) is 0 Å². The molecule has 0 aromatic heterocycles. The molecule has 1 amide bonds. The lowest BCUT2D eigenvalue weighted by Gasteiger charge is -2.51. The highest BCUT2D eigenvalue weighted by molar-refractivity contribution is 6.31. The van der Waals surface area contributed by atoms with Gasteiger partial charge in [-0.05, 0) is 31.0 Å². The van der Waals surface area contributed by atoms with E-state index in [9.17, 15) is 4.79 Å². The number of nitrogens with zero attached hydrogens (tertiary/aromatic N) is 1. The third kappa shape index (κ3) is 2.74. The number of amides is 1. The molecule has 1 aromatic carbocycles. The fourth-order valence-electron chi connectivity index (χ4n) is 3.82. The zero-order chi connectivity index (χ0) is 14.9. The summed E-state index contributed by atoms with van der Waals surface area (Å²) < 4.78 is 0. The molecule has 5 heteroatoms. The van der Waals surface area contributed by atoms with Crippen LogP contribution in [0, 0.1) is 0 Å². The van der Waals surface area contributed by atoms with Crippen LogP contribution >= 0.6 is 11.6 Å². The molecule has 4 nitrogen and oxygen atoms in total. The third-order valence-electron chi connectivity index (χ3n) is 4.84. The van der Waals surface area contributed by atoms with E-state index in [1.54, 1.807) is 6.07 Å². The molecule has 1 heterocycles. The van der Waals surface area contributed by atoms with E-state index in [0.717, 1.165) is 25.3 Å². The van der Waals surface area contributed by atoms with Crippen molar-refractivity contribution < 1.29 is 4.79 Å². The molecule has 1 spiro atoms. The minimum Gasteiger partial charge on any atom is -0.366 e. The quantitative estimate of drug-likeness (QED) is 0.883. The van der Waals surface area contributed by atoms with Gasteiger partial charge in [-0.15, -0.1) is 0 Å². The minimum absolute atomic E-state index is 0.120. The Morgan fingerprint density at radius 3 is 2.76 bits per heavy atom. The Morgan fingerprint density at radius 2 is 2.05 bits per heavy atom. The fraction of sp³-hybridized carbons (Fsp3) is 0.562. The Morgan fingerprint density at radius 1 is 1.29 bits per heavy atom. The first-order valence-electron chi connectivity index (χ1n) is 7.70. The van der Waals surface area contributed by atoms with Crippen molar-refractivity contribution in [3.05, 3.63) is 28.8 Å². The first-order chi connectivity index (χ1) is 10.1. The SMILES string of the molecule is NC(=O)c1cc(Cl)ccc1N1CCNCC12CCCCC2. The minimum atomic E-state index is -0.406. The van der Waals surface area contributed by atoms with Crippen LogP contribution in [0.2, 0.25) is 5.02 Å². The topological polar surface area (TPSA) is 58.4 Å². The van der Waals surface area contributed by atoms with Crippen molar-refractivity contribution in [3.8, 4) is 0 Å². The standard InChI is InChI=1S/C16H22ClN3O/c17-12-4-5-14(13(10-12)15(18)21)20-9-8-19-11-16(20)6-2-1-3-7-16/h4-5,10,19H,1-3,6-9,11H2,(H2,18,21). The van der Waals surface area contributed by atoms with Crippen molar-refractivity contribution in [3.63, 3.8) is 0 Å². The summed E-state index contributed by atoms with van der Waals surface area (Å²) in [7, 11) is 0. The van der Waals surface area contributed by atoms with E-state index in [1.165, 1.54) is 32.1 Å². The number of rotatable bonds is 2. The number of anilines is 1. The van der Waals surface area contributed by atoms with Gasteiger partial charge >= 0.3 is 0 Å². The van der Waals surface area contributed by atoms with Crippen LogP contribution in [0.5, 0.6) is 0 Å². The van der Waals surface area contributed by atoms with Gasteiger partial charge in [-0.1, -0.05) is 30.9 Å². The summed E-state index contributed by atoms with van der Waals surface area (Å²) in [6.45, 7) is 2.82. The molecule has 2 aliphatic rings. The smallest absolute Gasteiger partial charge is 0.250 e. The molecule has 21 heavy (non-hydrogen) atoms. The van der Waals surface area contributed by atoms with E-state index in [2.05, 4.69) is 10.2 Å². The van der Waals surface area contributed by atoms with Gasteiger partial charge in [0.1, 0.15) is 0 Å². The number of nitrogens with one attached hydrogen (secondary N) is 1. The van der Waals surface area contributed by atoms with Gasteiger partial charge in [-0.2, -0.15) is 0 Å². The Bertz CT molecular complexity index is 532. The predicted octanol–water partition coefficient (Wildman–Crippen LogP) is 2.55. The maximum atomic E-state index is 11.8. The van der Waals surface area contributed by atoms with Gasteiger partial charge in [0.25, 0.3) is 5.91 Å². The van der Waals surface area contributed by atoms with Crippen LogP contribution in [0.1, 0.15) is 42.5 Å². The molecular weight excluding hydrogens is 286 g/mol. The van der Waals surface area contributed by atoms with Gasteiger partial charge in [0.05, 0.1) is 16.8 Å². The molecule has 1 saturated heterocycles. The molecule has 1 saturated carbocycles. The van der Waals surface area contributed by atoms with E-state index >= 15 is 0 Å². The third-order valence-corrected chi connectivity index (χ3v) is 5.07. The van der Waals surface area contributed by atoms with E-state index in [4.69, 9.17) is 17.3 Å². The summed E-state index contributed by atoms with van der Waals surface area (Å²) in [5.74, 6) is -0.406.